The van der Waals surface area contributed by atoms with Crippen molar-refractivity contribution in [3.8, 4) is 89.0 Å². The highest BCUT2D eigenvalue weighted by Crippen LogP contribution is 2.66. The van der Waals surface area contributed by atoms with Gasteiger partial charge in [-0.15, -0.1) is 0 Å². The van der Waals surface area contributed by atoms with Crippen LogP contribution in [0.15, 0.2) is 336 Å². The Labute approximate surface area is 581 Å². The third kappa shape index (κ3) is 9.29. The van der Waals surface area contributed by atoms with Crippen molar-refractivity contribution in [3.05, 3.63) is 350 Å². The first kappa shape index (κ1) is 58.6. The summed E-state index contributed by atoms with van der Waals surface area (Å²) >= 11 is 0. The van der Waals surface area contributed by atoms with Crippen molar-refractivity contribution in [2.75, 3.05) is 9.80 Å². The molecule has 0 atom stereocenters. The Kier molecular flexibility index (Phi) is 13.8. The molecule has 4 nitrogen and oxygen atoms in total. The molecule has 0 saturated carbocycles. The molecule has 0 bridgehead atoms. The summed E-state index contributed by atoms with van der Waals surface area (Å²) in [5.74, 6) is 0. The van der Waals surface area contributed by atoms with E-state index < -0.39 is 0 Å². The molecule has 0 unspecified atom stereocenters. The van der Waals surface area contributed by atoms with Gasteiger partial charge in [0.25, 0.3) is 0 Å². The van der Waals surface area contributed by atoms with E-state index >= 15 is 0 Å². The van der Waals surface area contributed by atoms with E-state index in [9.17, 15) is 0 Å². The molecular formula is C96H66N2O2. The largest absolute Gasteiger partial charge is 0.454 e. The number of fused-ring (bicyclic) bond motifs is 12. The molecule has 0 spiro atoms. The number of anilines is 6. The first-order chi connectivity index (χ1) is 49.3. The van der Waals surface area contributed by atoms with Gasteiger partial charge in [-0.05, 0) is 209 Å². The highest BCUT2D eigenvalue weighted by Gasteiger charge is 2.40. The second-order valence-electron chi connectivity index (χ2n) is 26.7. The van der Waals surface area contributed by atoms with E-state index in [4.69, 9.17) is 8.83 Å². The van der Waals surface area contributed by atoms with Crippen LogP contribution in [-0.4, -0.2) is 0 Å². The first-order valence-corrected chi connectivity index (χ1v) is 34.6. The zero-order valence-electron chi connectivity index (χ0n) is 55.9. The van der Waals surface area contributed by atoms with Gasteiger partial charge in [0.2, 0.25) is 0 Å². The second-order valence-corrected chi connectivity index (χ2v) is 26.7. The summed E-state index contributed by atoms with van der Waals surface area (Å²) < 4.78 is 14.2. The summed E-state index contributed by atoms with van der Waals surface area (Å²) in [6.45, 7) is 8.92. The molecule has 0 saturated heterocycles. The molecule has 0 aliphatic heterocycles. The molecule has 100 heavy (non-hydrogen) atoms. The maximum atomic E-state index is 7.10. The predicted octanol–water partition coefficient (Wildman–Crippen LogP) is 27.6. The summed E-state index contributed by atoms with van der Waals surface area (Å²) in [4.78, 5) is 4.97. The zero-order valence-corrected chi connectivity index (χ0v) is 55.9. The average molecular weight is 1280 g/mol. The molecule has 0 N–H and O–H groups in total. The maximum absolute atomic E-state index is 7.10. The SMILES string of the molecule is Cc1ccc(-c2ccccc2)cc1N(c1ccc2c(-c3ccccc3)c3c(c(-c4ccccc4)c2c1)-c1c-3c(-c2ccccc2)c2cc(N(c3cc(-c4ccccc4)ccc3C)c3c(C)ccc4c3oc3ccccc34)ccc2c1-c1ccccc1)c1c(C)ccc2c1oc1ccccc12. The summed E-state index contributed by atoms with van der Waals surface area (Å²) in [5, 5.41) is 8.96. The number of rotatable bonds is 12. The van der Waals surface area contributed by atoms with Gasteiger partial charge in [-0.2, -0.15) is 0 Å². The van der Waals surface area contributed by atoms with Crippen molar-refractivity contribution >= 4 is 99.5 Å². The number of nitrogens with zero attached hydrogens (tertiary/aromatic N) is 2. The number of aryl methyl sites for hydroxylation is 4. The Morgan fingerprint density at radius 2 is 0.490 bits per heavy atom. The zero-order chi connectivity index (χ0) is 66.7. The monoisotopic (exact) mass is 1280 g/mol. The van der Waals surface area contributed by atoms with Crippen molar-refractivity contribution in [1.29, 1.82) is 0 Å². The molecule has 1 aliphatic carbocycles. The van der Waals surface area contributed by atoms with Crippen LogP contribution in [0, 0.1) is 27.7 Å². The quantitative estimate of drug-likeness (QED) is 0.122. The van der Waals surface area contributed by atoms with Crippen LogP contribution in [0.4, 0.5) is 34.1 Å². The summed E-state index contributed by atoms with van der Waals surface area (Å²) in [6, 6.07) is 120. The van der Waals surface area contributed by atoms with Gasteiger partial charge < -0.3 is 18.6 Å². The lowest BCUT2D eigenvalue weighted by molar-refractivity contribution is 0.668. The average Bonchev–Trinajstić information content (AvgIpc) is 0.811. The highest BCUT2D eigenvalue weighted by atomic mass is 16.3. The van der Waals surface area contributed by atoms with Crippen LogP contribution in [0.25, 0.3) is 154 Å². The maximum Gasteiger partial charge on any atom is 0.159 e. The van der Waals surface area contributed by atoms with E-state index in [-0.39, 0.29) is 0 Å². The molecule has 2 aromatic heterocycles. The number of benzene rings is 16. The van der Waals surface area contributed by atoms with Gasteiger partial charge >= 0.3 is 0 Å². The van der Waals surface area contributed by atoms with Crippen LogP contribution in [0.3, 0.4) is 0 Å². The number of furan rings is 2. The van der Waals surface area contributed by atoms with Crippen molar-refractivity contribution in [2.45, 2.75) is 27.7 Å². The smallest absolute Gasteiger partial charge is 0.159 e. The van der Waals surface area contributed by atoms with Gasteiger partial charge in [0, 0.05) is 44.3 Å². The van der Waals surface area contributed by atoms with Crippen LogP contribution in [0.1, 0.15) is 22.3 Å². The fourth-order valence-corrected chi connectivity index (χ4v) is 16.2. The summed E-state index contributed by atoms with van der Waals surface area (Å²) in [6.07, 6.45) is 0. The molecule has 4 heteroatoms. The standard InChI is InChI=1S/C96H66N2O2/c1-59-43-47-69(63-27-11-5-12-28-63)55-81(59)97(93-61(3)45-51-77-73-39-23-25-41-83(73)99-95(77)93)71-49-53-75-79(57-71)87(67-35-19-9-20-36-67)91-89(85(75)65-31-15-7-16-32-65)92-88(68-37-21-10-22-38-68)80-58-72(50-54-76(80)86(90(91)92)66-33-17-8-18-34-66)98(82-56-70(48-44-60(82)2)64-29-13-6-14-30-64)94-62(4)46-52-78-74-40-24-26-42-84(74)100-96(78)94/h5-58H,1-4H3. The van der Waals surface area contributed by atoms with Gasteiger partial charge in [-0.25, -0.2) is 0 Å². The molecule has 1 aliphatic rings. The molecule has 0 amide bonds. The number of para-hydroxylation sites is 2. The molecule has 2 heterocycles. The highest BCUT2D eigenvalue weighted by molar-refractivity contribution is 6.34. The van der Waals surface area contributed by atoms with Crippen LogP contribution in [0.2, 0.25) is 0 Å². The van der Waals surface area contributed by atoms with Gasteiger partial charge in [0.1, 0.15) is 11.2 Å². The van der Waals surface area contributed by atoms with E-state index in [2.05, 4.69) is 365 Å². The third-order valence-electron chi connectivity index (χ3n) is 20.9. The molecular weight excluding hydrogens is 1210 g/mol. The molecule has 0 fully saturated rings. The van der Waals surface area contributed by atoms with E-state index in [1.807, 2.05) is 0 Å². The summed E-state index contributed by atoms with van der Waals surface area (Å²) in [7, 11) is 0. The molecule has 0 radical (unpaired) electrons. The Bertz CT molecular complexity index is 5890. The topological polar surface area (TPSA) is 32.8 Å². The van der Waals surface area contributed by atoms with E-state index in [0.717, 1.165) is 166 Å². The van der Waals surface area contributed by atoms with Crippen LogP contribution < -0.4 is 9.80 Å². The minimum absolute atomic E-state index is 0.849. The van der Waals surface area contributed by atoms with Gasteiger partial charge in [-0.1, -0.05) is 279 Å². The van der Waals surface area contributed by atoms with E-state index in [0.29, 0.717) is 0 Å². The van der Waals surface area contributed by atoms with Gasteiger partial charge in [0.05, 0.1) is 11.4 Å². The minimum atomic E-state index is 0.849. The lowest BCUT2D eigenvalue weighted by Crippen LogP contribution is -2.14. The number of hydrogen-bond acceptors (Lipinski definition) is 4. The second kappa shape index (κ2) is 23.5. The van der Waals surface area contributed by atoms with Crippen LogP contribution in [0.5, 0.6) is 0 Å². The molecule has 19 rings (SSSR count). The number of hydrogen-bond donors (Lipinski definition) is 0. The van der Waals surface area contributed by atoms with Crippen molar-refractivity contribution < 1.29 is 8.83 Å². The predicted molar refractivity (Wildman–Crippen MR) is 421 cm³/mol. The lowest BCUT2D eigenvalue weighted by atomic mass is 9.65. The Morgan fingerprint density at radius 3 is 0.840 bits per heavy atom. The van der Waals surface area contributed by atoms with Gasteiger partial charge in [0.15, 0.2) is 11.2 Å². The van der Waals surface area contributed by atoms with Crippen molar-refractivity contribution in [1.82, 2.24) is 0 Å². The lowest BCUT2D eigenvalue weighted by Gasteiger charge is -2.38. The Balaban J connectivity index is 0.938. The Morgan fingerprint density at radius 1 is 0.200 bits per heavy atom. The van der Waals surface area contributed by atoms with Crippen molar-refractivity contribution in [2.24, 2.45) is 0 Å². The van der Waals surface area contributed by atoms with Crippen molar-refractivity contribution in [3.63, 3.8) is 0 Å². The van der Waals surface area contributed by atoms with Crippen LogP contribution in [-0.2, 0) is 0 Å². The first-order valence-electron chi connectivity index (χ1n) is 34.6. The molecule has 16 aromatic carbocycles. The third-order valence-corrected chi connectivity index (χ3v) is 20.9. The fourth-order valence-electron chi connectivity index (χ4n) is 16.2. The van der Waals surface area contributed by atoms with Gasteiger partial charge in [-0.3, -0.25) is 0 Å². The molecule has 18 aromatic rings. The molecule has 472 valence electrons. The van der Waals surface area contributed by atoms with Crippen LogP contribution >= 0.6 is 0 Å². The minimum Gasteiger partial charge on any atom is -0.454 e. The van der Waals surface area contributed by atoms with E-state index in [1.54, 1.807) is 0 Å². The summed E-state index contributed by atoms with van der Waals surface area (Å²) in [5.41, 5.74) is 33.0. The van der Waals surface area contributed by atoms with E-state index in [1.165, 1.54) is 44.5 Å². The normalized spacial score (nSPS) is 11.8. The fraction of sp³-hybridized carbons (Fsp3) is 0.0417. The Hall–Kier alpha value is -12.8.